The highest BCUT2D eigenvalue weighted by molar-refractivity contribution is 6.84. The van der Waals surface area contributed by atoms with Crippen molar-refractivity contribution in [1.82, 2.24) is 5.32 Å². The van der Waals surface area contributed by atoms with Crippen molar-refractivity contribution in [1.29, 1.82) is 0 Å². The van der Waals surface area contributed by atoms with Crippen molar-refractivity contribution in [2.24, 2.45) is 5.92 Å². The highest BCUT2D eigenvalue weighted by Crippen LogP contribution is 2.46. The Morgan fingerprint density at radius 2 is 1.71 bits per heavy atom. The number of ether oxygens (including phenoxy) is 1. The standard InChI is InChI=1S/C20H35NO2Si/c1-15(2)17(21-14-16-12-10-9-11-13-16)18(19(22)23-6)24(7,8)20(3,4)5/h9-13,15,17-18,21H,14H2,1-8H3/t17-,18+/m0/s1. The van der Waals surface area contributed by atoms with Gasteiger partial charge in [-0.2, -0.15) is 0 Å². The summed E-state index contributed by atoms with van der Waals surface area (Å²) in [4.78, 5) is 12.7. The van der Waals surface area contributed by atoms with Crippen LogP contribution in [-0.2, 0) is 16.1 Å². The van der Waals surface area contributed by atoms with E-state index in [1.54, 1.807) is 0 Å². The molecular formula is C20H35NO2Si. The molecule has 0 aromatic heterocycles. The quantitative estimate of drug-likeness (QED) is 0.565. The van der Waals surface area contributed by atoms with Crippen LogP contribution in [0.25, 0.3) is 0 Å². The summed E-state index contributed by atoms with van der Waals surface area (Å²) in [6, 6.07) is 10.5. The summed E-state index contributed by atoms with van der Waals surface area (Å²) in [7, 11) is -0.408. The Bertz CT molecular complexity index is 520. The minimum atomic E-state index is -1.92. The van der Waals surface area contributed by atoms with Crippen molar-refractivity contribution in [3.8, 4) is 0 Å². The van der Waals surface area contributed by atoms with Crippen LogP contribution < -0.4 is 5.32 Å². The first-order valence-corrected chi connectivity index (χ1v) is 11.9. The Balaban J connectivity index is 3.12. The molecule has 0 saturated heterocycles. The number of esters is 1. The maximum atomic E-state index is 12.7. The first-order chi connectivity index (χ1) is 11.0. The van der Waals surface area contributed by atoms with Gasteiger partial charge in [0.05, 0.1) is 20.7 Å². The zero-order valence-corrected chi connectivity index (χ0v) is 17.6. The van der Waals surface area contributed by atoms with E-state index in [4.69, 9.17) is 4.74 Å². The zero-order valence-electron chi connectivity index (χ0n) is 16.6. The number of hydrogen-bond acceptors (Lipinski definition) is 3. The van der Waals surface area contributed by atoms with Crippen LogP contribution in [0.2, 0.25) is 23.7 Å². The Kier molecular flexibility index (Phi) is 7.23. The second kappa shape index (κ2) is 8.30. The van der Waals surface area contributed by atoms with E-state index in [1.165, 1.54) is 12.7 Å². The molecule has 0 aliphatic heterocycles. The van der Waals surface area contributed by atoms with Crippen molar-refractivity contribution in [2.45, 2.75) is 70.9 Å². The van der Waals surface area contributed by atoms with Crippen molar-refractivity contribution in [3.63, 3.8) is 0 Å². The summed E-state index contributed by atoms with van der Waals surface area (Å²) in [5.41, 5.74) is 1.16. The van der Waals surface area contributed by atoms with E-state index in [0.717, 1.165) is 6.54 Å². The Labute approximate surface area is 149 Å². The fourth-order valence-corrected chi connectivity index (χ4v) is 6.09. The summed E-state index contributed by atoms with van der Waals surface area (Å²) in [6.07, 6.45) is 0. The third-order valence-corrected chi connectivity index (χ3v) is 11.6. The van der Waals surface area contributed by atoms with Crippen LogP contribution >= 0.6 is 0 Å². The van der Waals surface area contributed by atoms with Gasteiger partial charge in [-0.15, -0.1) is 0 Å². The minimum Gasteiger partial charge on any atom is -0.469 e. The van der Waals surface area contributed by atoms with E-state index in [9.17, 15) is 4.79 Å². The number of carbonyl (C=O) groups excluding carboxylic acids is 1. The number of rotatable bonds is 7. The predicted molar refractivity (Wildman–Crippen MR) is 105 cm³/mol. The number of methoxy groups -OCH3 is 1. The molecule has 0 bridgehead atoms. The van der Waals surface area contributed by atoms with Crippen molar-refractivity contribution in [3.05, 3.63) is 35.9 Å². The molecule has 136 valence electrons. The SMILES string of the molecule is COC(=O)[C@@H]([C@@H](NCc1ccccc1)C(C)C)[Si](C)(C)C(C)(C)C. The molecule has 0 amide bonds. The van der Waals surface area contributed by atoms with Gasteiger partial charge in [0.25, 0.3) is 0 Å². The Hall–Kier alpha value is -1.13. The molecule has 0 unspecified atom stereocenters. The van der Waals surface area contributed by atoms with Crippen LogP contribution in [0.4, 0.5) is 0 Å². The average Bonchev–Trinajstić information content (AvgIpc) is 2.50. The third-order valence-electron chi connectivity index (χ3n) is 5.63. The van der Waals surface area contributed by atoms with E-state index in [-0.39, 0.29) is 22.6 Å². The number of benzene rings is 1. The molecular weight excluding hydrogens is 314 g/mol. The molecule has 0 saturated carbocycles. The van der Waals surface area contributed by atoms with Crippen LogP contribution in [0, 0.1) is 5.92 Å². The molecule has 3 nitrogen and oxygen atoms in total. The lowest BCUT2D eigenvalue weighted by atomic mass is 9.99. The molecule has 1 aromatic carbocycles. The lowest BCUT2D eigenvalue weighted by Crippen LogP contribution is -2.55. The van der Waals surface area contributed by atoms with Crippen molar-refractivity contribution < 1.29 is 9.53 Å². The third kappa shape index (κ3) is 4.93. The Morgan fingerprint density at radius 1 is 1.17 bits per heavy atom. The van der Waals surface area contributed by atoms with Gasteiger partial charge >= 0.3 is 5.97 Å². The molecule has 24 heavy (non-hydrogen) atoms. The topological polar surface area (TPSA) is 38.3 Å². The molecule has 2 atom stereocenters. The van der Waals surface area contributed by atoms with Gasteiger partial charge in [-0.05, 0) is 16.5 Å². The second-order valence-corrected chi connectivity index (χ2v) is 14.2. The lowest BCUT2D eigenvalue weighted by Gasteiger charge is -2.46. The molecule has 0 heterocycles. The van der Waals surface area contributed by atoms with Gasteiger partial charge in [0.1, 0.15) is 0 Å². The number of carbonyl (C=O) groups is 1. The van der Waals surface area contributed by atoms with Crippen molar-refractivity contribution >= 4 is 14.0 Å². The smallest absolute Gasteiger partial charge is 0.307 e. The van der Waals surface area contributed by atoms with Gasteiger partial charge in [0.2, 0.25) is 0 Å². The zero-order chi connectivity index (χ0) is 18.5. The van der Waals surface area contributed by atoms with Crippen LogP contribution in [0.5, 0.6) is 0 Å². The fourth-order valence-electron chi connectivity index (χ4n) is 3.05. The van der Waals surface area contributed by atoms with Gasteiger partial charge in [-0.3, -0.25) is 4.79 Å². The summed E-state index contributed by atoms with van der Waals surface area (Å²) in [5.74, 6) is 0.285. The fraction of sp³-hybridized carbons (Fsp3) is 0.650. The van der Waals surface area contributed by atoms with E-state index < -0.39 is 8.07 Å². The first-order valence-electron chi connectivity index (χ1n) is 8.87. The molecule has 0 aliphatic rings. The van der Waals surface area contributed by atoms with E-state index in [0.29, 0.717) is 5.92 Å². The average molecular weight is 350 g/mol. The summed E-state index contributed by atoms with van der Waals surface area (Å²) in [6.45, 7) is 16.5. The highest BCUT2D eigenvalue weighted by atomic mass is 28.3. The summed E-state index contributed by atoms with van der Waals surface area (Å²) < 4.78 is 5.23. The van der Waals surface area contributed by atoms with Gasteiger partial charge in [0, 0.05) is 12.6 Å². The van der Waals surface area contributed by atoms with Crippen molar-refractivity contribution in [2.75, 3.05) is 7.11 Å². The maximum Gasteiger partial charge on any atom is 0.307 e. The lowest BCUT2D eigenvalue weighted by molar-refractivity contribution is -0.141. The number of nitrogens with one attached hydrogen (secondary N) is 1. The number of hydrogen-bond donors (Lipinski definition) is 1. The first kappa shape index (κ1) is 20.9. The largest absolute Gasteiger partial charge is 0.469 e. The molecule has 4 heteroatoms. The van der Waals surface area contributed by atoms with Crippen LogP contribution in [0.3, 0.4) is 0 Å². The van der Waals surface area contributed by atoms with Gasteiger partial charge in [-0.1, -0.05) is 78.0 Å². The van der Waals surface area contributed by atoms with Gasteiger partial charge < -0.3 is 10.1 Å². The molecule has 0 aliphatic carbocycles. The normalized spacial score (nSPS) is 15.2. The van der Waals surface area contributed by atoms with Gasteiger partial charge in [-0.25, -0.2) is 0 Å². The van der Waals surface area contributed by atoms with E-state index >= 15 is 0 Å². The molecule has 0 fully saturated rings. The molecule has 1 aromatic rings. The maximum absolute atomic E-state index is 12.7. The van der Waals surface area contributed by atoms with E-state index in [1.807, 2.05) is 18.2 Å². The van der Waals surface area contributed by atoms with Crippen LogP contribution in [-0.4, -0.2) is 27.2 Å². The molecule has 1 rings (SSSR count). The van der Waals surface area contributed by atoms with Crippen LogP contribution in [0.15, 0.2) is 30.3 Å². The summed E-state index contributed by atoms with van der Waals surface area (Å²) in [5, 5.41) is 3.78. The minimum absolute atomic E-state index is 0.0687. The highest BCUT2D eigenvalue weighted by Gasteiger charge is 2.50. The van der Waals surface area contributed by atoms with Gasteiger partial charge in [0.15, 0.2) is 0 Å². The molecule has 1 N–H and O–H groups in total. The van der Waals surface area contributed by atoms with E-state index in [2.05, 4.69) is 65.2 Å². The predicted octanol–water partition coefficient (Wildman–Crippen LogP) is 4.85. The van der Waals surface area contributed by atoms with Crippen LogP contribution in [0.1, 0.15) is 40.2 Å². The Morgan fingerprint density at radius 3 is 2.12 bits per heavy atom. The monoisotopic (exact) mass is 349 g/mol. The molecule has 0 spiro atoms. The summed E-state index contributed by atoms with van der Waals surface area (Å²) >= 11 is 0. The molecule has 0 radical (unpaired) electrons. The second-order valence-electron chi connectivity index (χ2n) is 8.61.